The number of hydrogen-bond acceptors (Lipinski definition) is 3. The molecule has 0 aromatic heterocycles. The second-order valence-corrected chi connectivity index (χ2v) is 4.66. The molecule has 1 fully saturated rings. The summed E-state index contributed by atoms with van der Waals surface area (Å²) in [7, 11) is 0. The van der Waals surface area contributed by atoms with E-state index in [2.05, 4.69) is 16.0 Å². The smallest absolute Gasteiger partial charge is 0.238 e. The molecule has 0 bridgehead atoms. The van der Waals surface area contributed by atoms with Gasteiger partial charge in [0, 0.05) is 24.7 Å². The molecule has 0 unspecified atom stereocenters. The zero-order valence-electron chi connectivity index (χ0n) is 10.8. The van der Waals surface area contributed by atoms with Crippen LogP contribution in [0.3, 0.4) is 0 Å². The Morgan fingerprint density at radius 3 is 2.53 bits per heavy atom. The van der Waals surface area contributed by atoms with E-state index in [1.807, 2.05) is 30.3 Å². The molecule has 1 aliphatic rings. The van der Waals surface area contributed by atoms with Crippen LogP contribution in [0.2, 0.25) is 0 Å². The van der Waals surface area contributed by atoms with Crippen molar-refractivity contribution >= 4 is 17.5 Å². The van der Waals surface area contributed by atoms with Gasteiger partial charge in [-0.15, -0.1) is 0 Å². The monoisotopic (exact) mass is 261 g/mol. The van der Waals surface area contributed by atoms with Crippen molar-refractivity contribution in [3.05, 3.63) is 30.3 Å². The minimum absolute atomic E-state index is 0.0836. The Morgan fingerprint density at radius 1 is 1.11 bits per heavy atom. The van der Waals surface area contributed by atoms with E-state index in [0.717, 1.165) is 18.5 Å². The number of para-hydroxylation sites is 1. The van der Waals surface area contributed by atoms with E-state index < -0.39 is 0 Å². The zero-order valence-corrected chi connectivity index (χ0v) is 10.8. The van der Waals surface area contributed by atoms with Crippen LogP contribution < -0.4 is 16.0 Å². The van der Waals surface area contributed by atoms with E-state index in [1.54, 1.807) is 0 Å². The molecule has 0 spiro atoms. The topological polar surface area (TPSA) is 70.2 Å². The molecule has 3 N–H and O–H groups in total. The predicted octanol–water partition coefficient (Wildman–Crippen LogP) is 0.741. The first-order valence-corrected chi connectivity index (χ1v) is 6.59. The van der Waals surface area contributed by atoms with E-state index in [4.69, 9.17) is 0 Å². The Morgan fingerprint density at radius 2 is 1.84 bits per heavy atom. The Labute approximate surface area is 112 Å². The van der Waals surface area contributed by atoms with Gasteiger partial charge in [-0.05, 0) is 25.0 Å². The van der Waals surface area contributed by atoms with Gasteiger partial charge in [-0.3, -0.25) is 9.59 Å². The molecular weight excluding hydrogens is 242 g/mol. The van der Waals surface area contributed by atoms with Crippen molar-refractivity contribution in [3.8, 4) is 0 Å². The molecule has 102 valence electrons. The maximum atomic E-state index is 11.6. The normalized spacial score (nSPS) is 13.9. The SMILES string of the molecule is O=C(CNCCNC(=O)C1CC1)Nc1ccccc1. The van der Waals surface area contributed by atoms with Crippen LogP contribution in [0.1, 0.15) is 12.8 Å². The van der Waals surface area contributed by atoms with Crippen LogP contribution >= 0.6 is 0 Å². The van der Waals surface area contributed by atoms with Crippen molar-refractivity contribution in [1.29, 1.82) is 0 Å². The fourth-order valence-corrected chi connectivity index (χ4v) is 1.69. The molecule has 1 aliphatic carbocycles. The lowest BCUT2D eigenvalue weighted by Gasteiger charge is -2.07. The summed E-state index contributed by atoms with van der Waals surface area (Å²) in [6.45, 7) is 1.41. The van der Waals surface area contributed by atoms with Crippen LogP contribution in [0.5, 0.6) is 0 Å². The van der Waals surface area contributed by atoms with Gasteiger partial charge in [0.25, 0.3) is 0 Å². The van der Waals surface area contributed by atoms with E-state index in [0.29, 0.717) is 13.1 Å². The van der Waals surface area contributed by atoms with Gasteiger partial charge in [0.1, 0.15) is 0 Å². The molecule has 1 aromatic carbocycles. The maximum Gasteiger partial charge on any atom is 0.238 e. The lowest BCUT2D eigenvalue weighted by Crippen LogP contribution is -2.36. The highest BCUT2D eigenvalue weighted by molar-refractivity contribution is 5.92. The molecule has 1 saturated carbocycles. The Balaban J connectivity index is 1.53. The van der Waals surface area contributed by atoms with Crippen LogP contribution in [-0.2, 0) is 9.59 Å². The predicted molar refractivity (Wildman–Crippen MR) is 73.7 cm³/mol. The fraction of sp³-hybridized carbons (Fsp3) is 0.429. The van der Waals surface area contributed by atoms with Gasteiger partial charge in [0.2, 0.25) is 11.8 Å². The Bertz CT molecular complexity index is 430. The molecule has 19 heavy (non-hydrogen) atoms. The highest BCUT2D eigenvalue weighted by atomic mass is 16.2. The molecular formula is C14H19N3O2. The van der Waals surface area contributed by atoms with Gasteiger partial charge < -0.3 is 16.0 Å². The molecule has 1 aromatic rings. The van der Waals surface area contributed by atoms with Crippen molar-refractivity contribution in [2.75, 3.05) is 25.0 Å². The van der Waals surface area contributed by atoms with Gasteiger partial charge in [-0.2, -0.15) is 0 Å². The van der Waals surface area contributed by atoms with Gasteiger partial charge >= 0.3 is 0 Å². The van der Waals surface area contributed by atoms with Crippen LogP contribution in [0, 0.1) is 5.92 Å². The lowest BCUT2D eigenvalue weighted by atomic mass is 10.3. The van der Waals surface area contributed by atoms with Gasteiger partial charge in [-0.1, -0.05) is 18.2 Å². The number of hydrogen-bond donors (Lipinski definition) is 3. The summed E-state index contributed by atoms with van der Waals surface area (Å²) in [6.07, 6.45) is 2.03. The third-order valence-electron chi connectivity index (χ3n) is 2.89. The molecule has 0 atom stereocenters. The standard InChI is InChI=1S/C14H19N3O2/c18-13(17-12-4-2-1-3-5-12)10-15-8-9-16-14(19)11-6-7-11/h1-5,11,15H,6-10H2,(H,16,19)(H,17,18). The Hall–Kier alpha value is -1.88. The molecule has 5 nitrogen and oxygen atoms in total. The summed E-state index contributed by atoms with van der Waals surface area (Å²) < 4.78 is 0. The number of benzene rings is 1. The van der Waals surface area contributed by atoms with E-state index in [1.165, 1.54) is 0 Å². The van der Waals surface area contributed by atoms with Gasteiger partial charge in [0.15, 0.2) is 0 Å². The third-order valence-corrected chi connectivity index (χ3v) is 2.89. The summed E-state index contributed by atoms with van der Waals surface area (Å²) in [6, 6.07) is 9.32. The number of anilines is 1. The molecule has 0 saturated heterocycles. The van der Waals surface area contributed by atoms with Crippen molar-refractivity contribution in [3.63, 3.8) is 0 Å². The van der Waals surface area contributed by atoms with Crippen LogP contribution in [0.15, 0.2) is 30.3 Å². The number of nitrogens with one attached hydrogen (secondary N) is 3. The molecule has 2 rings (SSSR count). The van der Waals surface area contributed by atoms with Gasteiger partial charge in [-0.25, -0.2) is 0 Å². The lowest BCUT2D eigenvalue weighted by molar-refractivity contribution is -0.122. The summed E-state index contributed by atoms with van der Waals surface area (Å²) in [4.78, 5) is 22.9. The minimum atomic E-state index is -0.0836. The first-order chi connectivity index (χ1) is 9.25. The first-order valence-electron chi connectivity index (χ1n) is 6.59. The first kappa shape index (κ1) is 13.5. The largest absolute Gasteiger partial charge is 0.355 e. The van der Waals surface area contributed by atoms with Crippen LogP contribution in [0.4, 0.5) is 5.69 Å². The van der Waals surface area contributed by atoms with Crippen LogP contribution in [0.25, 0.3) is 0 Å². The Kier molecular flexibility index (Phi) is 4.92. The molecule has 0 heterocycles. The summed E-state index contributed by atoms with van der Waals surface area (Å²) in [5, 5.41) is 8.61. The number of carbonyl (C=O) groups excluding carboxylic acids is 2. The van der Waals surface area contributed by atoms with Crippen molar-refractivity contribution in [2.24, 2.45) is 5.92 Å². The summed E-state index contributed by atoms with van der Waals surface area (Å²) in [5.74, 6) is 0.289. The number of carbonyl (C=O) groups is 2. The average Bonchev–Trinajstić information content (AvgIpc) is 3.23. The van der Waals surface area contributed by atoms with E-state index in [9.17, 15) is 9.59 Å². The van der Waals surface area contributed by atoms with Crippen molar-refractivity contribution in [1.82, 2.24) is 10.6 Å². The quantitative estimate of drug-likeness (QED) is 0.634. The molecule has 2 amide bonds. The number of rotatable bonds is 7. The maximum absolute atomic E-state index is 11.6. The van der Waals surface area contributed by atoms with Crippen LogP contribution in [-0.4, -0.2) is 31.4 Å². The average molecular weight is 261 g/mol. The minimum Gasteiger partial charge on any atom is -0.355 e. The summed E-state index contributed by atoms with van der Waals surface area (Å²) in [5.41, 5.74) is 0.788. The highest BCUT2D eigenvalue weighted by Gasteiger charge is 2.28. The number of amides is 2. The summed E-state index contributed by atoms with van der Waals surface area (Å²) >= 11 is 0. The molecule has 0 aliphatic heterocycles. The van der Waals surface area contributed by atoms with E-state index in [-0.39, 0.29) is 24.3 Å². The van der Waals surface area contributed by atoms with Gasteiger partial charge in [0.05, 0.1) is 6.54 Å². The zero-order chi connectivity index (χ0) is 13.5. The second kappa shape index (κ2) is 6.89. The second-order valence-electron chi connectivity index (χ2n) is 4.66. The fourth-order valence-electron chi connectivity index (χ4n) is 1.69. The molecule has 5 heteroatoms. The molecule has 0 radical (unpaired) electrons. The van der Waals surface area contributed by atoms with E-state index >= 15 is 0 Å². The van der Waals surface area contributed by atoms with Crippen molar-refractivity contribution in [2.45, 2.75) is 12.8 Å². The third kappa shape index (κ3) is 5.09. The highest BCUT2D eigenvalue weighted by Crippen LogP contribution is 2.28. The van der Waals surface area contributed by atoms with Crippen molar-refractivity contribution < 1.29 is 9.59 Å².